The molecule has 3 rings (SSSR count). The highest BCUT2D eigenvalue weighted by atomic mass is 19.1. The van der Waals surface area contributed by atoms with E-state index >= 15 is 0 Å². The molecule has 2 aromatic rings. The quantitative estimate of drug-likeness (QED) is 0.913. The minimum absolute atomic E-state index is 0.108. The molecule has 1 aromatic heterocycles. The Morgan fingerprint density at radius 2 is 1.96 bits per heavy atom. The molecule has 1 fully saturated rings. The van der Waals surface area contributed by atoms with Crippen LogP contribution in [0.3, 0.4) is 0 Å². The standard InChI is InChI=1S/C17H19FN4O/c18-14-5-1-2-6-15(14)21-16-13(4-3-9-20-16)17(23)22-10-7-12(19)8-11-22/h1-6,9,12H,7-8,10-11,19H2,(H,20,21). The number of para-hydroxylation sites is 1. The van der Waals surface area contributed by atoms with Crippen molar-refractivity contribution in [3.05, 3.63) is 54.0 Å². The SMILES string of the molecule is NC1CCN(C(=O)c2cccnc2Nc2ccccc2F)CC1. The van der Waals surface area contributed by atoms with Crippen LogP contribution in [0.5, 0.6) is 0 Å². The molecule has 3 N–H and O–H groups in total. The number of nitrogens with zero attached hydrogens (tertiary/aromatic N) is 2. The zero-order chi connectivity index (χ0) is 16.2. The van der Waals surface area contributed by atoms with E-state index in [4.69, 9.17) is 5.73 Å². The van der Waals surface area contributed by atoms with Crippen LogP contribution in [0.2, 0.25) is 0 Å². The highest BCUT2D eigenvalue weighted by molar-refractivity contribution is 5.99. The maximum Gasteiger partial charge on any atom is 0.257 e. The average Bonchev–Trinajstić information content (AvgIpc) is 2.57. The summed E-state index contributed by atoms with van der Waals surface area (Å²) in [6.07, 6.45) is 3.16. The molecular weight excluding hydrogens is 295 g/mol. The van der Waals surface area contributed by atoms with Crippen molar-refractivity contribution in [2.24, 2.45) is 5.73 Å². The van der Waals surface area contributed by atoms with E-state index in [0.29, 0.717) is 30.2 Å². The molecule has 5 nitrogen and oxygen atoms in total. The van der Waals surface area contributed by atoms with Gasteiger partial charge < -0.3 is 16.0 Å². The summed E-state index contributed by atoms with van der Waals surface area (Å²) >= 11 is 0. The first-order valence-corrected chi connectivity index (χ1v) is 7.66. The van der Waals surface area contributed by atoms with Crippen molar-refractivity contribution in [1.29, 1.82) is 0 Å². The summed E-state index contributed by atoms with van der Waals surface area (Å²) in [5.41, 5.74) is 6.61. The molecule has 0 unspecified atom stereocenters. The van der Waals surface area contributed by atoms with E-state index in [1.165, 1.54) is 6.07 Å². The number of halogens is 1. The number of nitrogens with one attached hydrogen (secondary N) is 1. The molecule has 1 amide bonds. The number of carbonyl (C=O) groups excluding carboxylic acids is 1. The lowest BCUT2D eigenvalue weighted by Gasteiger charge is -2.30. The normalized spacial score (nSPS) is 15.5. The minimum Gasteiger partial charge on any atom is -0.338 e. The Bertz CT molecular complexity index is 698. The highest BCUT2D eigenvalue weighted by Gasteiger charge is 2.24. The fourth-order valence-electron chi connectivity index (χ4n) is 2.64. The molecular formula is C17H19FN4O. The second kappa shape index (κ2) is 6.75. The van der Waals surface area contributed by atoms with Gasteiger partial charge in [-0.25, -0.2) is 9.37 Å². The fourth-order valence-corrected chi connectivity index (χ4v) is 2.64. The monoisotopic (exact) mass is 314 g/mol. The van der Waals surface area contributed by atoms with Gasteiger partial charge in [-0.05, 0) is 37.1 Å². The third-order valence-corrected chi connectivity index (χ3v) is 3.99. The lowest BCUT2D eigenvalue weighted by Crippen LogP contribution is -2.43. The molecule has 0 bridgehead atoms. The van der Waals surface area contributed by atoms with Crippen molar-refractivity contribution in [2.75, 3.05) is 18.4 Å². The molecule has 1 saturated heterocycles. The largest absolute Gasteiger partial charge is 0.338 e. The number of hydrogen-bond acceptors (Lipinski definition) is 4. The van der Waals surface area contributed by atoms with E-state index in [9.17, 15) is 9.18 Å². The number of likely N-dealkylation sites (tertiary alicyclic amines) is 1. The van der Waals surface area contributed by atoms with Gasteiger partial charge >= 0.3 is 0 Å². The molecule has 1 aliphatic heterocycles. The van der Waals surface area contributed by atoms with E-state index < -0.39 is 0 Å². The van der Waals surface area contributed by atoms with Crippen LogP contribution in [-0.4, -0.2) is 34.9 Å². The van der Waals surface area contributed by atoms with E-state index in [1.807, 2.05) is 0 Å². The van der Waals surface area contributed by atoms with Gasteiger partial charge in [0.15, 0.2) is 0 Å². The number of amides is 1. The van der Waals surface area contributed by atoms with Crippen molar-refractivity contribution < 1.29 is 9.18 Å². The van der Waals surface area contributed by atoms with E-state index in [0.717, 1.165) is 12.8 Å². The summed E-state index contributed by atoms with van der Waals surface area (Å²) in [4.78, 5) is 18.7. The Balaban J connectivity index is 1.83. The molecule has 120 valence electrons. The minimum atomic E-state index is -0.388. The van der Waals surface area contributed by atoms with E-state index in [-0.39, 0.29) is 17.8 Å². The van der Waals surface area contributed by atoms with Crippen LogP contribution in [-0.2, 0) is 0 Å². The van der Waals surface area contributed by atoms with Crippen molar-refractivity contribution in [3.8, 4) is 0 Å². The molecule has 1 aromatic carbocycles. The summed E-state index contributed by atoms with van der Waals surface area (Å²) in [5.74, 6) is -0.137. The molecule has 0 aliphatic carbocycles. The Hall–Kier alpha value is -2.47. The summed E-state index contributed by atoms with van der Waals surface area (Å²) in [6, 6.07) is 9.87. The number of benzene rings is 1. The first-order valence-electron chi connectivity index (χ1n) is 7.66. The van der Waals surface area contributed by atoms with Crippen LogP contribution in [0.15, 0.2) is 42.6 Å². The molecule has 0 atom stereocenters. The van der Waals surface area contributed by atoms with Crippen LogP contribution in [0, 0.1) is 5.82 Å². The molecule has 0 radical (unpaired) electrons. The number of anilines is 2. The molecule has 0 saturated carbocycles. The smallest absolute Gasteiger partial charge is 0.257 e. The van der Waals surface area contributed by atoms with Crippen LogP contribution < -0.4 is 11.1 Å². The van der Waals surface area contributed by atoms with Crippen LogP contribution in [0.4, 0.5) is 15.9 Å². The Labute approximate surface area is 134 Å². The number of hydrogen-bond donors (Lipinski definition) is 2. The van der Waals surface area contributed by atoms with Crippen LogP contribution in [0.1, 0.15) is 23.2 Å². The third-order valence-electron chi connectivity index (χ3n) is 3.99. The molecule has 2 heterocycles. The van der Waals surface area contributed by atoms with Gasteiger partial charge in [0, 0.05) is 25.3 Å². The Morgan fingerprint density at radius 3 is 2.70 bits per heavy atom. The number of rotatable bonds is 3. The van der Waals surface area contributed by atoms with Gasteiger partial charge in [0.05, 0.1) is 11.3 Å². The van der Waals surface area contributed by atoms with Crippen molar-refractivity contribution in [2.45, 2.75) is 18.9 Å². The van der Waals surface area contributed by atoms with Gasteiger partial charge in [0.25, 0.3) is 5.91 Å². The lowest BCUT2D eigenvalue weighted by atomic mass is 10.1. The maximum absolute atomic E-state index is 13.8. The molecule has 23 heavy (non-hydrogen) atoms. The lowest BCUT2D eigenvalue weighted by molar-refractivity contribution is 0.0715. The van der Waals surface area contributed by atoms with Gasteiger partial charge in [0.2, 0.25) is 0 Å². The Morgan fingerprint density at radius 1 is 1.22 bits per heavy atom. The van der Waals surface area contributed by atoms with Crippen LogP contribution >= 0.6 is 0 Å². The first kappa shape index (κ1) is 15.4. The molecule has 6 heteroatoms. The van der Waals surface area contributed by atoms with Crippen LogP contribution in [0.25, 0.3) is 0 Å². The maximum atomic E-state index is 13.8. The fraction of sp³-hybridized carbons (Fsp3) is 0.294. The number of nitrogens with two attached hydrogens (primary N) is 1. The second-order valence-corrected chi connectivity index (χ2v) is 5.63. The summed E-state index contributed by atoms with van der Waals surface area (Å²) in [7, 11) is 0. The topological polar surface area (TPSA) is 71.2 Å². The second-order valence-electron chi connectivity index (χ2n) is 5.63. The third kappa shape index (κ3) is 3.48. The van der Waals surface area contributed by atoms with Crippen molar-refractivity contribution in [3.63, 3.8) is 0 Å². The van der Waals surface area contributed by atoms with Crippen molar-refractivity contribution >= 4 is 17.4 Å². The summed E-state index contributed by atoms with van der Waals surface area (Å²) < 4.78 is 13.8. The predicted octanol–water partition coefficient (Wildman–Crippen LogP) is 2.53. The van der Waals surface area contributed by atoms with E-state index in [2.05, 4.69) is 10.3 Å². The van der Waals surface area contributed by atoms with Gasteiger partial charge in [0.1, 0.15) is 11.6 Å². The highest BCUT2D eigenvalue weighted by Crippen LogP contribution is 2.23. The number of aromatic nitrogens is 1. The number of piperidine rings is 1. The average molecular weight is 314 g/mol. The van der Waals surface area contributed by atoms with Crippen molar-refractivity contribution in [1.82, 2.24) is 9.88 Å². The molecule has 1 aliphatic rings. The zero-order valence-corrected chi connectivity index (χ0v) is 12.7. The Kier molecular flexibility index (Phi) is 4.52. The van der Waals surface area contributed by atoms with Gasteiger partial charge in [-0.15, -0.1) is 0 Å². The summed E-state index contributed by atoms with van der Waals surface area (Å²) in [6.45, 7) is 1.27. The zero-order valence-electron chi connectivity index (χ0n) is 12.7. The van der Waals surface area contributed by atoms with E-state index in [1.54, 1.807) is 41.4 Å². The molecule has 0 spiro atoms. The number of carbonyl (C=O) groups is 1. The van der Waals surface area contributed by atoms with Gasteiger partial charge in [-0.3, -0.25) is 4.79 Å². The summed E-state index contributed by atoms with van der Waals surface area (Å²) in [5, 5.41) is 2.91. The number of pyridine rings is 1. The van der Waals surface area contributed by atoms with Gasteiger partial charge in [-0.1, -0.05) is 12.1 Å². The predicted molar refractivity (Wildman–Crippen MR) is 87.0 cm³/mol. The van der Waals surface area contributed by atoms with Gasteiger partial charge in [-0.2, -0.15) is 0 Å². The first-order chi connectivity index (χ1) is 11.1.